The molecule has 1 amide bonds. The Bertz CT molecular complexity index is 753. The molecule has 0 unspecified atom stereocenters. The third-order valence-electron chi connectivity index (χ3n) is 4.81. The standard InChI is InChI=1S/C19H23Cl2N3O/c1-13(2)24(19(25)15-4-3-5-15)12-18-22-8-9-23(18)11-14-6-7-16(20)17(21)10-14/h6-10,13,15H,3-5,11-12H2,1-2H3. The molecule has 25 heavy (non-hydrogen) atoms. The van der Waals surface area contributed by atoms with E-state index in [1.165, 1.54) is 0 Å². The summed E-state index contributed by atoms with van der Waals surface area (Å²) in [6.45, 7) is 5.29. The number of hydrogen-bond acceptors (Lipinski definition) is 2. The van der Waals surface area contributed by atoms with Gasteiger partial charge in [0.1, 0.15) is 5.82 Å². The van der Waals surface area contributed by atoms with Gasteiger partial charge in [-0.15, -0.1) is 0 Å². The van der Waals surface area contributed by atoms with Gasteiger partial charge in [-0.1, -0.05) is 35.7 Å². The summed E-state index contributed by atoms with van der Waals surface area (Å²) in [5.41, 5.74) is 1.05. The number of rotatable bonds is 6. The van der Waals surface area contributed by atoms with Gasteiger partial charge >= 0.3 is 0 Å². The van der Waals surface area contributed by atoms with Crippen molar-refractivity contribution in [2.75, 3.05) is 0 Å². The molecule has 1 saturated carbocycles. The highest BCUT2D eigenvalue weighted by atomic mass is 35.5. The fourth-order valence-electron chi connectivity index (χ4n) is 3.03. The molecule has 1 aliphatic rings. The van der Waals surface area contributed by atoms with Gasteiger partial charge in [-0.05, 0) is 44.4 Å². The molecule has 0 radical (unpaired) electrons. The summed E-state index contributed by atoms with van der Waals surface area (Å²) in [7, 11) is 0. The second-order valence-corrected chi connectivity index (χ2v) is 7.72. The minimum absolute atomic E-state index is 0.156. The molecule has 0 bridgehead atoms. The molecular weight excluding hydrogens is 357 g/mol. The molecule has 0 N–H and O–H groups in total. The van der Waals surface area contributed by atoms with Gasteiger partial charge in [0.2, 0.25) is 5.91 Å². The lowest BCUT2D eigenvalue weighted by Crippen LogP contribution is -2.43. The zero-order valence-electron chi connectivity index (χ0n) is 14.6. The van der Waals surface area contributed by atoms with E-state index in [1.807, 2.05) is 23.2 Å². The van der Waals surface area contributed by atoms with Crippen molar-refractivity contribution in [3.05, 3.63) is 52.0 Å². The predicted molar refractivity (Wildman–Crippen MR) is 101 cm³/mol. The molecular formula is C19H23Cl2N3O. The Balaban J connectivity index is 1.75. The van der Waals surface area contributed by atoms with Crippen molar-refractivity contribution in [2.45, 2.75) is 52.2 Å². The molecule has 1 aromatic heterocycles. The van der Waals surface area contributed by atoms with E-state index in [-0.39, 0.29) is 17.9 Å². The predicted octanol–water partition coefficient (Wildman–Crippen LogP) is 4.78. The molecule has 6 heteroatoms. The minimum atomic E-state index is 0.156. The van der Waals surface area contributed by atoms with Gasteiger partial charge in [-0.3, -0.25) is 4.79 Å². The Morgan fingerprint density at radius 3 is 2.68 bits per heavy atom. The van der Waals surface area contributed by atoms with Crippen molar-refractivity contribution >= 4 is 29.1 Å². The van der Waals surface area contributed by atoms with E-state index < -0.39 is 0 Å². The van der Waals surface area contributed by atoms with E-state index in [1.54, 1.807) is 12.3 Å². The molecule has 1 fully saturated rings. The van der Waals surface area contributed by atoms with E-state index in [0.717, 1.165) is 30.7 Å². The van der Waals surface area contributed by atoms with Crippen molar-refractivity contribution in [3.8, 4) is 0 Å². The molecule has 134 valence electrons. The third kappa shape index (κ3) is 4.18. The number of imidazole rings is 1. The number of amides is 1. The fourth-order valence-corrected chi connectivity index (χ4v) is 3.35. The van der Waals surface area contributed by atoms with Gasteiger partial charge in [0.05, 0.1) is 16.6 Å². The van der Waals surface area contributed by atoms with Crippen LogP contribution in [0.5, 0.6) is 0 Å². The summed E-state index contributed by atoms with van der Waals surface area (Å²) < 4.78 is 2.06. The van der Waals surface area contributed by atoms with Crippen LogP contribution < -0.4 is 0 Å². The third-order valence-corrected chi connectivity index (χ3v) is 5.55. The topological polar surface area (TPSA) is 38.1 Å². The number of nitrogens with zero attached hydrogens (tertiary/aromatic N) is 3. The quantitative estimate of drug-likeness (QED) is 0.724. The Kier molecular flexibility index (Phi) is 5.70. The second kappa shape index (κ2) is 7.79. The number of benzene rings is 1. The first-order valence-electron chi connectivity index (χ1n) is 8.70. The Morgan fingerprint density at radius 2 is 2.08 bits per heavy atom. The molecule has 2 aromatic rings. The average molecular weight is 380 g/mol. The first-order chi connectivity index (χ1) is 12.0. The van der Waals surface area contributed by atoms with E-state index in [0.29, 0.717) is 23.1 Å². The molecule has 0 atom stereocenters. The molecule has 0 saturated heterocycles. The van der Waals surface area contributed by atoms with Crippen molar-refractivity contribution < 1.29 is 4.79 Å². The highest BCUT2D eigenvalue weighted by Gasteiger charge is 2.31. The van der Waals surface area contributed by atoms with Gasteiger partial charge in [-0.2, -0.15) is 0 Å². The van der Waals surface area contributed by atoms with Crippen LogP contribution in [-0.4, -0.2) is 26.4 Å². The molecule has 1 aliphatic carbocycles. The maximum Gasteiger partial charge on any atom is 0.226 e. The highest BCUT2D eigenvalue weighted by Crippen LogP contribution is 2.29. The van der Waals surface area contributed by atoms with E-state index in [9.17, 15) is 4.79 Å². The van der Waals surface area contributed by atoms with Crippen LogP contribution in [-0.2, 0) is 17.9 Å². The minimum Gasteiger partial charge on any atom is -0.333 e. The van der Waals surface area contributed by atoms with Crippen molar-refractivity contribution in [2.24, 2.45) is 5.92 Å². The van der Waals surface area contributed by atoms with Crippen molar-refractivity contribution in [3.63, 3.8) is 0 Å². The summed E-state index contributed by atoms with van der Waals surface area (Å²) in [6, 6.07) is 5.78. The molecule has 1 aromatic carbocycles. The van der Waals surface area contributed by atoms with Crippen LogP contribution >= 0.6 is 23.2 Å². The first kappa shape index (κ1) is 18.3. The lowest BCUT2D eigenvalue weighted by atomic mass is 9.84. The van der Waals surface area contributed by atoms with E-state index >= 15 is 0 Å². The second-order valence-electron chi connectivity index (χ2n) is 6.91. The van der Waals surface area contributed by atoms with Gasteiger partial charge in [-0.25, -0.2) is 4.98 Å². The van der Waals surface area contributed by atoms with Gasteiger partial charge in [0.15, 0.2) is 0 Å². The Labute approximate surface area is 158 Å². The lowest BCUT2D eigenvalue weighted by molar-refractivity contribution is -0.140. The maximum absolute atomic E-state index is 12.7. The number of aromatic nitrogens is 2. The molecule has 4 nitrogen and oxygen atoms in total. The Morgan fingerprint density at radius 1 is 1.32 bits per heavy atom. The average Bonchev–Trinajstić information content (AvgIpc) is 2.93. The van der Waals surface area contributed by atoms with Crippen LogP contribution in [0.2, 0.25) is 10.0 Å². The summed E-state index contributed by atoms with van der Waals surface area (Å²) in [6.07, 6.45) is 6.90. The van der Waals surface area contributed by atoms with E-state index in [4.69, 9.17) is 23.2 Å². The fraction of sp³-hybridized carbons (Fsp3) is 0.474. The molecule has 0 aliphatic heterocycles. The first-order valence-corrected chi connectivity index (χ1v) is 9.45. The molecule has 0 spiro atoms. The van der Waals surface area contributed by atoms with Gasteiger partial charge in [0.25, 0.3) is 0 Å². The molecule has 1 heterocycles. The summed E-state index contributed by atoms with van der Waals surface area (Å²) in [5.74, 6) is 1.33. The SMILES string of the molecule is CC(C)N(Cc1nccn1Cc1ccc(Cl)c(Cl)c1)C(=O)C1CCC1. The zero-order valence-corrected chi connectivity index (χ0v) is 16.1. The summed E-state index contributed by atoms with van der Waals surface area (Å²) in [5, 5.41) is 1.10. The smallest absolute Gasteiger partial charge is 0.226 e. The largest absolute Gasteiger partial charge is 0.333 e. The monoisotopic (exact) mass is 379 g/mol. The summed E-state index contributed by atoms with van der Waals surface area (Å²) >= 11 is 12.1. The number of hydrogen-bond donors (Lipinski definition) is 0. The van der Waals surface area contributed by atoms with Crippen LogP contribution in [0.25, 0.3) is 0 Å². The van der Waals surface area contributed by atoms with Crippen LogP contribution in [0.4, 0.5) is 0 Å². The normalized spacial score (nSPS) is 14.6. The van der Waals surface area contributed by atoms with Crippen LogP contribution in [0.3, 0.4) is 0 Å². The maximum atomic E-state index is 12.7. The van der Waals surface area contributed by atoms with Gasteiger partial charge in [0, 0.05) is 30.9 Å². The number of halogens is 2. The highest BCUT2D eigenvalue weighted by molar-refractivity contribution is 6.42. The zero-order chi connectivity index (χ0) is 18.0. The number of carbonyl (C=O) groups is 1. The van der Waals surface area contributed by atoms with E-state index in [2.05, 4.69) is 23.4 Å². The van der Waals surface area contributed by atoms with Gasteiger partial charge < -0.3 is 9.47 Å². The Hall–Kier alpha value is -1.52. The summed E-state index contributed by atoms with van der Waals surface area (Å²) in [4.78, 5) is 19.1. The lowest BCUT2D eigenvalue weighted by Gasteiger charge is -2.34. The molecule has 3 rings (SSSR count). The number of carbonyl (C=O) groups excluding carboxylic acids is 1. The van der Waals surface area contributed by atoms with Crippen molar-refractivity contribution in [1.29, 1.82) is 0 Å². The van der Waals surface area contributed by atoms with Crippen LogP contribution in [0.15, 0.2) is 30.6 Å². The van der Waals surface area contributed by atoms with Crippen molar-refractivity contribution in [1.82, 2.24) is 14.5 Å². The van der Waals surface area contributed by atoms with Crippen LogP contribution in [0, 0.1) is 5.92 Å². The van der Waals surface area contributed by atoms with Crippen LogP contribution in [0.1, 0.15) is 44.5 Å².